The number of hydrogen-bond acceptors (Lipinski definition) is 3. The minimum absolute atomic E-state index is 0.00355. The summed E-state index contributed by atoms with van der Waals surface area (Å²) in [7, 11) is 0. The van der Waals surface area contributed by atoms with Gasteiger partial charge in [-0.3, -0.25) is 4.90 Å². The SMILES string of the molecule is Cc1cc(CN(CCO)C(C)(C)C)cc(C(C)(C)C)c1O. The van der Waals surface area contributed by atoms with Gasteiger partial charge in [-0.05, 0) is 49.8 Å². The number of aliphatic hydroxyl groups excluding tert-OH is 1. The van der Waals surface area contributed by atoms with Crippen molar-refractivity contribution < 1.29 is 10.2 Å². The molecule has 0 saturated carbocycles. The quantitative estimate of drug-likeness (QED) is 0.891. The van der Waals surface area contributed by atoms with E-state index in [2.05, 4.69) is 52.5 Å². The van der Waals surface area contributed by atoms with Gasteiger partial charge in [0.05, 0.1) is 6.61 Å². The highest BCUT2D eigenvalue weighted by molar-refractivity contribution is 5.46. The molecular formula is C18H31NO2. The van der Waals surface area contributed by atoms with Crippen molar-refractivity contribution in [1.29, 1.82) is 0 Å². The van der Waals surface area contributed by atoms with Crippen LogP contribution in [0.15, 0.2) is 12.1 Å². The van der Waals surface area contributed by atoms with Gasteiger partial charge in [0, 0.05) is 18.6 Å². The van der Waals surface area contributed by atoms with Crippen LogP contribution in [0, 0.1) is 6.92 Å². The van der Waals surface area contributed by atoms with Crippen LogP contribution in [0.5, 0.6) is 5.75 Å². The highest BCUT2D eigenvalue weighted by Gasteiger charge is 2.24. The van der Waals surface area contributed by atoms with Crippen molar-refractivity contribution in [1.82, 2.24) is 4.90 Å². The van der Waals surface area contributed by atoms with Crippen molar-refractivity contribution in [3.05, 3.63) is 28.8 Å². The third-order valence-electron chi connectivity index (χ3n) is 3.86. The van der Waals surface area contributed by atoms with E-state index in [1.54, 1.807) is 0 Å². The van der Waals surface area contributed by atoms with Gasteiger partial charge in [-0.2, -0.15) is 0 Å². The summed E-state index contributed by atoms with van der Waals surface area (Å²) in [5.74, 6) is 0.399. The van der Waals surface area contributed by atoms with Crippen LogP contribution >= 0.6 is 0 Å². The Hall–Kier alpha value is -1.06. The van der Waals surface area contributed by atoms with E-state index < -0.39 is 0 Å². The molecule has 21 heavy (non-hydrogen) atoms. The van der Waals surface area contributed by atoms with E-state index in [4.69, 9.17) is 0 Å². The molecule has 0 radical (unpaired) electrons. The maximum Gasteiger partial charge on any atom is 0.122 e. The molecule has 0 spiro atoms. The van der Waals surface area contributed by atoms with Crippen molar-refractivity contribution in [3.8, 4) is 5.75 Å². The van der Waals surface area contributed by atoms with Crippen molar-refractivity contribution in [2.24, 2.45) is 0 Å². The summed E-state index contributed by atoms with van der Waals surface area (Å²) >= 11 is 0. The Kier molecular flexibility index (Phi) is 5.46. The number of phenolic OH excluding ortho intramolecular Hbond substituents is 1. The lowest BCUT2D eigenvalue weighted by Crippen LogP contribution is -2.42. The van der Waals surface area contributed by atoms with Crippen LogP contribution in [-0.2, 0) is 12.0 Å². The molecule has 1 rings (SSSR count). The van der Waals surface area contributed by atoms with Crippen LogP contribution in [0.1, 0.15) is 58.2 Å². The zero-order valence-electron chi connectivity index (χ0n) is 14.6. The molecule has 0 aliphatic carbocycles. The Labute approximate surface area is 129 Å². The summed E-state index contributed by atoms with van der Waals surface area (Å²) in [6, 6.07) is 4.14. The van der Waals surface area contributed by atoms with Crippen LogP contribution in [0.2, 0.25) is 0 Å². The van der Waals surface area contributed by atoms with Gasteiger partial charge in [-0.25, -0.2) is 0 Å². The van der Waals surface area contributed by atoms with Crippen LogP contribution in [0.25, 0.3) is 0 Å². The Balaban J connectivity index is 3.17. The summed E-state index contributed by atoms with van der Waals surface area (Å²) in [6.07, 6.45) is 0. The molecule has 0 fully saturated rings. The maximum atomic E-state index is 10.3. The minimum atomic E-state index is -0.0889. The van der Waals surface area contributed by atoms with E-state index >= 15 is 0 Å². The number of nitrogens with zero attached hydrogens (tertiary/aromatic N) is 1. The van der Waals surface area contributed by atoms with Crippen LogP contribution in [-0.4, -0.2) is 33.8 Å². The molecule has 0 bridgehead atoms. The molecule has 0 amide bonds. The third kappa shape index (κ3) is 4.72. The molecule has 0 saturated heterocycles. The summed E-state index contributed by atoms with van der Waals surface area (Å²) in [5.41, 5.74) is 2.98. The molecule has 2 N–H and O–H groups in total. The van der Waals surface area contributed by atoms with Crippen LogP contribution in [0.3, 0.4) is 0 Å². The fourth-order valence-electron chi connectivity index (χ4n) is 2.51. The average Bonchev–Trinajstić information content (AvgIpc) is 2.30. The lowest BCUT2D eigenvalue weighted by molar-refractivity contribution is 0.0983. The second kappa shape index (κ2) is 6.37. The number of aromatic hydroxyl groups is 1. The van der Waals surface area contributed by atoms with Gasteiger partial charge in [-0.15, -0.1) is 0 Å². The van der Waals surface area contributed by atoms with E-state index in [1.807, 2.05) is 13.0 Å². The smallest absolute Gasteiger partial charge is 0.122 e. The number of hydrogen-bond donors (Lipinski definition) is 2. The molecule has 0 unspecified atom stereocenters. The highest BCUT2D eigenvalue weighted by Crippen LogP contribution is 2.34. The largest absolute Gasteiger partial charge is 0.507 e. The van der Waals surface area contributed by atoms with Gasteiger partial charge >= 0.3 is 0 Å². The topological polar surface area (TPSA) is 43.7 Å². The summed E-state index contributed by atoms with van der Waals surface area (Å²) < 4.78 is 0. The van der Waals surface area contributed by atoms with E-state index in [0.717, 1.165) is 17.7 Å². The number of rotatable bonds is 4. The number of aryl methyl sites for hydroxylation is 1. The number of phenols is 1. The number of benzene rings is 1. The first-order valence-corrected chi connectivity index (χ1v) is 7.65. The van der Waals surface area contributed by atoms with E-state index in [1.165, 1.54) is 5.56 Å². The van der Waals surface area contributed by atoms with Crippen molar-refractivity contribution in [2.75, 3.05) is 13.2 Å². The number of β-amino-alcohol motifs (C(OH)–C–C–N with tert-alkyl or cyclic N) is 1. The third-order valence-corrected chi connectivity index (χ3v) is 3.86. The van der Waals surface area contributed by atoms with E-state index in [9.17, 15) is 10.2 Å². The predicted molar refractivity (Wildman–Crippen MR) is 88.8 cm³/mol. The standard InChI is InChI=1S/C18H31NO2/c1-13-10-14(11-15(16(13)21)17(2,3)4)12-19(8-9-20)18(5,6)7/h10-11,20-21H,8-9,12H2,1-7H3. The lowest BCUT2D eigenvalue weighted by atomic mass is 9.84. The monoisotopic (exact) mass is 293 g/mol. The molecule has 0 atom stereocenters. The molecule has 3 heteroatoms. The summed E-state index contributed by atoms with van der Waals surface area (Å²) in [5, 5.41) is 19.6. The van der Waals surface area contributed by atoms with Crippen molar-refractivity contribution in [3.63, 3.8) is 0 Å². The molecule has 120 valence electrons. The van der Waals surface area contributed by atoms with Crippen LogP contribution < -0.4 is 0 Å². The fraction of sp³-hybridized carbons (Fsp3) is 0.667. The average molecular weight is 293 g/mol. The first-order valence-electron chi connectivity index (χ1n) is 7.65. The second-order valence-electron chi connectivity index (χ2n) is 7.87. The zero-order chi connectivity index (χ0) is 16.4. The lowest BCUT2D eigenvalue weighted by Gasteiger charge is -2.35. The molecule has 3 nitrogen and oxygen atoms in total. The molecule has 1 aromatic rings. The molecule has 0 aromatic heterocycles. The van der Waals surface area contributed by atoms with Crippen LogP contribution in [0.4, 0.5) is 0 Å². The number of aliphatic hydroxyl groups is 1. The van der Waals surface area contributed by atoms with Gasteiger partial charge in [0.15, 0.2) is 0 Å². The van der Waals surface area contributed by atoms with Crippen molar-refractivity contribution in [2.45, 2.75) is 66.0 Å². The second-order valence-corrected chi connectivity index (χ2v) is 7.87. The van der Waals surface area contributed by atoms with Gasteiger partial charge in [0.1, 0.15) is 5.75 Å². The zero-order valence-corrected chi connectivity index (χ0v) is 14.6. The molecule has 0 aliphatic heterocycles. The molecule has 1 aromatic carbocycles. The Morgan fingerprint density at radius 3 is 2.05 bits per heavy atom. The fourth-order valence-corrected chi connectivity index (χ4v) is 2.51. The summed E-state index contributed by atoms with van der Waals surface area (Å²) in [6.45, 7) is 16.3. The van der Waals surface area contributed by atoms with Gasteiger partial charge in [0.25, 0.3) is 0 Å². The Morgan fingerprint density at radius 2 is 1.62 bits per heavy atom. The van der Waals surface area contributed by atoms with Crippen molar-refractivity contribution >= 4 is 0 Å². The molecule has 0 aliphatic rings. The Morgan fingerprint density at radius 1 is 1.05 bits per heavy atom. The van der Waals surface area contributed by atoms with Gasteiger partial charge in [0.2, 0.25) is 0 Å². The molecule has 0 heterocycles. The maximum absolute atomic E-state index is 10.3. The minimum Gasteiger partial charge on any atom is -0.507 e. The van der Waals surface area contributed by atoms with E-state index in [0.29, 0.717) is 12.3 Å². The van der Waals surface area contributed by atoms with Gasteiger partial charge in [-0.1, -0.05) is 32.9 Å². The first kappa shape index (κ1) is 18.0. The molecular weight excluding hydrogens is 262 g/mol. The summed E-state index contributed by atoms with van der Waals surface area (Å²) in [4.78, 5) is 2.26. The highest BCUT2D eigenvalue weighted by atomic mass is 16.3. The Bertz CT molecular complexity index is 481. The first-order chi connectivity index (χ1) is 9.46. The van der Waals surface area contributed by atoms with Gasteiger partial charge < -0.3 is 10.2 Å². The normalized spacial score (nSPS) is 13.0. The van der Waals surface area contributed by atoms with E-state index in [-0.39, 0.29) is 17.6 Å². The predicted octanol–water partition coefficient (Wildman–Crippen LogP) is 3.59.